The molecular weight excluding hydrogens is 250 g/mol. The molecule has 104 valence electrons. The van der Waals surface area contributed by atoms with Crippen molar-refractivity contribution in [2.75, 3.05) is 13.2 Å². The number of carbonyl (C=O) groups is 1. The number of ketones is 1. The lowest BCUT2D eigenvalue weighted by atomic mass is 10.1. The normalized spacial score (nSPS) is 12.1. The second-order valence-electron chi connectivity index (χ2n) is 4.64. The number of benzene rings is 2. The van der Waals surface area contributed by atoms with Gasteiger partial charge in [0.1, 0.15) is 0 Å². The van der Waals surface area contributed by atoms with E-state index in [9.17, 15) is 9.90 Å². The van der Waals surface area contributed by atoms with E-state index in [1.165, 1.54) is 0 Å². The Kier molecular flexibility index (Phi) is 5.47. The third kappa shape index (κ3) is 4.02. The molecule has 0 saturated heterocycles. The van der Waals surface area contributed by atoms with E-state index < -0.39 is 0 Å². The van der Waals surface area contributed by atoms with Gasteiger partial charge in [-0.05, 0) is 5.56 Å². The summed E-state index contributed by atoms with van der Waals surface area (Å²) in [5, 5.41) is 12.6. The zero-order valence-corrected chi connectivity index (χ0v) is 11.3. The molecule has 0 radical (unpaired) electrons. The maximum absolute atomic E-state index is 11.9. The van der Waals surface area contributed by atoms with Gasteiger partial charge in [-0.25, -0.2) is 0 Å². The second kappa shape index (κ2) is 7.58. The first kappa shape index (κ1) is 14.4. The monoisotopic (exact) mass is 269 g/mol. The van der Waals surface area contributed by atoms with Crippen LogP contribution in [0.3, 0.4) is 0 Å². The second-order valence-corrected chi connectivity index (χ2v) is 4.64. The van der Waals surface area contributed by atoms with Gasteiger partial charge >= 0.3 is 0 Å². The van der Waals surface area contributed by atoms with Gasteiger partial charge in [-0.1, -0.05) is 60.7 Å². The van der Waals surface area contributed by atoms with Crippen molar-refractivity contribution >= 4 is 5.78 Å². The van der Waals surface area contributed by atoms with E-state index in [1.54, 1.807) is 0 Å². The topological polar surface area (TPSA) is 49.3 Å². The molecule has 0 bridgehead atoms. The van der Waals surface area contributed by atoms with Crippen LogP contribution in [0.5, 0.6) is 0 Å². The molecule has 2 aromatic carbocycles. The third-order valence-corrected chi connectivity index (χ3v) is 3.22. The van der Waals surface area contributed by atoms with Crippen LogP contribution in [0.15, 0.2) is 60.7 Å². The van der Waals surface area contributed by atoms with E-state index in [4.69, 9.17) is 0 Å². The molecule has 3 heteroatoms. The molecule has 0 fully saturated rings. The van der Waals surface area contributed by atoms with Crippen LogP contribution in [0, 0.1) is 0 Å². The quantitative estimate of drug-likeness (QED) is 0.760. The van der Waals surface area contributed by atoms with E-state index in [-0.39, 0.29) is 18.4 Å². The molecule has 3 nitrogen and oxygen atoms in total. The number of aliphatic hydroxyl groups excluding tert-OH is 1. The van der Waals surface area contributed by atoms with Crippen molar-refractivity contribution in [2.24, 2.45) is 0 Å². The Balaban J connectivity index is 1.84. The highest BCUT2D eigenvalue weighted by Gasteiger charge is 2.10. The number of nitrogens with one attached hydrogen (secondary N) is 1. The smallest absolute Gasteiger partial charge is 0.164 e. The first-order valence-electron chi connectivity index (χ1n) is 6.78. The van der Waals surface area contributed by atoms with Crippen molar-refractivity contribution in [2.45, 2.75) is 12.5 Å². The minimum Gasteiger partial charge on any atom is -0.394 e. The van der Waals surface area contributed by atoms with Crippen LogP contribution in [0.2, 0.25) is 0 Å². The van der Waals surface area contributed by atoms with Gasteiger partial charge in [-0.2, -0.15) is 0 Å². The molecule has 0 aromatic heterocycles. The third-order valence-electron chi connectivity index (χ3n) is 3.22. The largest absolute Gasteiger partial charge is 0.394 e. The number of aliphatic hydroxyl groups is 1. The summed E-state index contributed by atoms with van der Waals surface area (Å²) in [4.78, 5) is 11.9. The van der Waals surface area contributed by atoms with Crippen molar-refractivity contribution in [1.29, 1.82) is 0 Å². The summed E-state index contributed by atoms with van der Waals surface area (Å²) in [6.07, 6.45) is 0.424. The van der Waals surface area contributed by atoms with E-state index in [2.05, 4.69) is 5.32 Å². The van der Waals surface area contributed by atoms with Crippen molar-refractivity contribution in [1.82, 2.24) is 5.32 Å². The first-order chi connectivity index (χ1) is 9.81. The fourth-order valence-corrected chi connectivity index (χ4v) is 2.10. The molecule has 0 saturated carbocycles. The van der Waals surface area contributed by atoms with Gasteiger partial charge in [-0.15, -0.1) is 0 Å². The summed E-state index contributed by atoms with van der Waals surface area (Å²) in [6, 6.07) is 18.9. The molecule has 2 rings (SSSR count). The van der Waals surface area contributed by atoms with Crippen LogP contribution in [0.1, 0.15) is 28.4 Å². The van der Waals surface area contributed by atoms with Crippen molar-refractivity contribution < 1.29 is 9.90 Å². The van der Waals surface area contributed by atoms with Crippen LogP contribution >= 0.6 is 0 Å². The number of hydrogen-bond acceptors (Lipinski definition) is 3. The average Bonchev–Trinajstić information content (AvgIpc) is 2.53. The highest BCUT2D eigenvalue weighted by Crippen LogP contribution is 2.11. The molecule has 1 atom stereocenters. The predicted octanol–water partition coefficient (Wildman–Crippen LogP) is 2.58. The SMILES string of the molecule is O=C(CCNC(CO)c1ccccc1)c1ccccc1. The average molecular weight is 269 g/mol. The molecule has 20 heavy (non-hydrogen) atoms. The highest BCUT2D eigenvalue weighted by atomic mass is 16.3. The van der Waals surface area contributed by atoms with Crippen molar-refractivity contribution in [3.63, 3.8) is 0 Å². The molecular formula is C17H19NO2. The summed E-state index contributed by atoms with van der Waals surface area (Å²) in [5.74, 6) is 0.114. The number of hydrogen-bond donors (Lipinski definition) is 2. The summed E-state index contributed by atoms with van der Waals surface area (Å²) in [7, 11) is 0. The lowest BCUT2D eigenvalue weighted by molar-refractivity contribution is 0.0980. The lowest BCUT2D eigenvalue weighted by Crippen LogP contribution is -2.26. The van der Waals surface area contributed by atoms with E-state index in [1.807, 2.05) is 60.7 Å². The summed E-state index contributed by atoms with van der Waals surface area (Å²) in [5.41, 5.74) is 1.76. The standard InChI is InChI=1S/C17H19NO2/c19-13-16(14-7-3-1-4-8-14)18-12-11-17(20)15-9-5-2-6-10-15/h1-10,16,18-19H,11-13H2. The fourth-order valence-electron chi connectivity index (χ4n) is 2.10. The number of Topliss-reactive ketones (excluding diaryl/α,β-unsaturated/α-hetero) is 1. The van der Waals surface area contributed by atoms with Gasteiger partial charge in [0, 0.05) is 18.5 Å². The molecule has 0 aliphatic carbocycles. The van der Waals surface area contributed by atoms with E-state index in [0.717, 1.165) is 11.1 Å². The molecule has 1 unspecified atom stereocenters. The molecule has 2 aromatic rings. The Hall–Kier alpha value is -1.97. The maximum atomic E-state index is 11.9. The van der Waals surface area contributed by atoms with Gasteiger partial charge in [0.25, 0.3) is 0 Å². The number of carbonyl (C=O) groups excluding carboxylic acids is 1. The van der Waals surface area contributed by atoms with E-state index in [0.29, 0.717) is 13.0 Å². The van der Waals surface area contributed by atoms with Gasteiger partial charge in [0.15, 0.2) is 5.78 Å². The Morgan fingerprint density at radius 3 is 2.20 bits per heavy atom. The van der Waals surface area contributed by atoms with Crippen LogP contribution in [-0.4, -0.2) is 24.0 Å². The maximum Gasteiger partial charge on any atom is 0.164 e. The summed E-state index contributed by atoms with van der Waals surface area (Å²) >= 11 is 0. The zero-order chi connectivity index (χ0) is 14.2. The summed E-state index contributed by atoms with van der Waals surface area (Å²) in [6.45, 7) is 0.567. The Bertz CT molecular complexity index is 525. The molecule has 0 heterocycles. The number of rotatable bonds is 7. The first-order valence-corrected chi connectivity index (χ1v) is 6.78. The lowest BCUT2D eigenvalue weighted by Gasteiger charge is -2.16. The van der Waals surface area contributed by atoms with Gasteiger partial charge in [-0.3, -0.25) is 4.79 Å². The molecule has 0 aliphatic rings. The van der Waals surface area contributed by atoms with Gasteiger partial charge in [0.2, 0.25) is 0 Å². The fraction of sp³-hybridized carbons (Fsp3) is 0.235. The van der Waals surface area contributed by atoms with Gasteiger partial charge < -0.3 is 10.4 Å². The highest BCUT2D eigenvalue weighted by molar-refractivity contribution is 5.96. The molecule has 0 amide bonds. The minimum atomic E-state index is -0.125. The van der Waals surface area contributed by atoms with Crippen molar-refractivity contribution in [3.8, 4) is 0 Å². The van der Waals surface area contributed by atoms with Crippen LogP contribution in [0.4, 0.5) is 0 Å². The molecule has 0 aliphatic heterocycles. The van der Waals surface area contributed by atoms with Crippen LogP contribution in [0.25, 0.3) is 0 Å². The zero-order valence-electron chi connectivity index (χ0n) is 11.3. The van der Waals surface area contributed by atoms with Crippen molar-refractivity contribution in [3.05, 3.63) is 71.8 Å². The molecule has 0 spiro atoms. The van der Waals surface area contributed by atoms with Crippen LogP contribution in [-0.2, 0) is 0 Å². The van der Waals surface area contributed by atoms with Gasteiger partial charge in [0.05, 0.1) is 12.6 Å². The molecule has 2 N–H and O–H groups in total. The Morgan fingerprint density at radius 2 is 1.60 bits per heavy atom. The van der Waals surface area contributed by atoms with Crippen LogP contribution < -0.4 is 5.32 Å². The Labute approximate surface area is 119 Å². The summed E-state index contributed by atoms with van der Waals surface area (Å²) < 4.78 is 0. The van der Waals surface area contributed by atoms with E-state index >= 15 is 0 Å². The predicted molar refractivity (Wildman–Crippen MR) is 79.7 cm³/mol. The Morgan fingerprint density at radius 1 is 1.00 bits per heavy atom. The minimum absolute atomic E-state index is 0.0174.